The van der Waals surface area contributed by atoms with Crippen LogP contribution in [0.4, 0.5) is 4.79 Å². The van der Waals surface area contributed by atoms with Gasteiger partial charge in [-0.15, -0.1) is 0 Å². The molecule has 0 fully saturated rings. The van der Waals surface area contributed by atoms with Gasteiger partial charge in [-0.2, -0.15) is 0 Å². The molecule has 0 aliphatic heterocycles. The number of ether oxygens (including phenoxy) is 5. The lowest BCUT2D eigenvalue weighted by Gasteiger charge is -2.23. The molecule has 3 amide bonds. The number of carbonyl (C=O) groups is 5. The van der Waals surface area contributed by atoms with Crippen molar-refractivity contribution < 1.29 is 52.8 Å². The number of amides is 3. The van der Waals surface area contributed by atoms with Crippen molar-refractivity contribution >= 4 is 29.8 Å². The van der Waals surface area contributed by atoms with Gasteiger partial charge < -0.3 is 44.7 Å². The van der Waals surface area contributed by atoms with Crippen molar-refractivity contribution in [1.29, 1.82) is 0 Å². The third kappa shape index (κ3) is 25.4. The lowest BCUT2D eigenvalue weighted by molar-refractivity contribution is -0.158. The van der Waals surface area contributed by atoms with Crippen molar-refractivity contribution in [2.24, 2.45) is 5.11 Å². The smallest absolute Gasteiger partial charge is 0.407 e. The van der Waals surface area contributed by atoms with Gasteiger partial charge in [-0.1, -0.05) is 5.11 Å². The quantitative estimate of drug-likeness (QED) is 0.0413. The molecule has 0 rings (SSSR count). The molecule has 4 N–H and O–H groups in total. The minimum atomic E-state index is -1.57. The highest BCUT2D eigenvalue weighted by molar-refractivity contribution is 5.91. The van der Waals surface area contributed by atoms with Crippen molar-refractivity contribution in [2.75, 3.05) is 52.7 Å². The van der Waals surface area contributed by atoms with Crippen LogP contribution in [0.5, 0.6) is 0 Å². The van der Waals surface area contributed by atoms with Crippen molar-refractivity contribution in [3.05, 3.63) is 10.4 Å². The summed E-state index contributed by atoms with van der Waals surface area (Å²) in [5.41, 5.74) is 6.69. The summed E-state index contributed by atoms with van der Waals surface area (Å²) >= 11 is 0. The average Bonchev–Trinajstić information content (AvgIpc) is 2.90. The number of alkyl carbamates (subject to hydrolysis) is 1. The van der Waals surface area contributed by atoms with Crippen molar-refractivity contribution in [3.8, 4) is 0 Å². The van der Waals surface area contributed by atoms with E-state index in [9.17, 15) is 29.1 Å². The first-order chi connectivity index (χ1) is 21.0. The second-order valence-electron chi connectivity index (χ2n) is 11.8. The number of azide groups is 1. The zero-order valence-electron chi connectivity index (χ0n) is 27.2. The number of nitrogens with one attached hydrogen (secondary N) is 3. The predicted molar refractivity (Wildman–Crippen MR) is 161 cm³/mol. The van der Waals surface area contributed by atoms with Crippen LogP contribution in [0.3, 0.4) is 0 Å². The lowest BCUT2D eigenvalue weighted by atomic mass is 10.1. The number of carboxylic acid groups (broad SMARTS) is 1. The number of carbonyl (C=O) groups excluding carboxylic acids is 4. The summed E-state index contributed by atoms with van der Waals surface area (Å²) in [4.78, 5) is 64.1. The predicted octanol–water partition coefficient (Wildman–Crippen LogP) is 2.22. The van der Waals surface area contributed by atoms with Gasteiger partial charge in [0.25, 0.3) is 0 Å². The highest BCUT2D eigenvalue weighted by Crippen LogP contribution is 2.11. The van der Waals surface area contributed by atoms with Crippen molar-refractivity contribution in [3.63, 3.8) is 0 Å². The van der Waals surface area contributed by atoms with Gasteiger partial charge in [0.1, 0.15) is 23.3 Å². The Hall–Kier alpha value is -3.66. The van der Waals surface area contributed by atoms with Crippen LogP contribution in [0.15, 0.2) is 5.11 Å². The van der Waals surface area contributed by atoms with Gasteiger partial charge >= 0.3 is 18.0 Å². The fourth-order valence-corrected chi connectivity index (χ4v) is 3.39. The molecular weight excluding hydrogens is 596 g/mol. The van der Waals surface area contributed by atoms with Crippen LogP contribution >= 0.6 is 0 Å². The van der Waals surface area contributed by atoms with Crippen LogP contribution in [-0.4, -0.2) is 111 Å². The Labute approximate surface area is 264 Å². The summed E-state index contributed by atoms with van der Waals surface area (Å²) in [6, 6.07) is -2.68. The van der Waals surface area contributed by atoms with E-state index in [1.165, 1.54) is 0 Å². The number of hydrogen-bond donors (Lipinski definition) is 4. The van der Waals surface area contributed by atoms with E-state index in [2.05, 4.69) is 26.0 Å². The van der Waals surface area contributed by atoms with Crippen molar-refractivity contribution in [2.45, 2.75) is 96.9 Å². The monoisotopic (exact) mass is 646 g/mol. The lowest BCUT2D eigenvalue weighted by Crippen LogP contribution is -2.52. The number of carboxylic acids is 1. The van der Waals surface area contributed by atoms with Crippen molar-refractivity contribution in [1.82, 2.24) is 16.0 Å². The molecule has 45 heavy (non-hydrogen) atoms. The minimum Gasteiger partial charge on any atom is -0.480 e. The molecule has 0 bridgehead atoms. The molecular formula is C28H50N6O11. The van der Waals surface area contributed by atoms with Gasteiger partial charge in [0.05, 0.1) is 46.1 Å². The molecule has 0 spiro atoms. The SMILES string of the molecule is CC(C)(C)OC(=O)C[C@H](NC(=O)[C@H](CCCCNC(=O)OC(C)(C)C)NC(=O)CCOCCOCCOCCN=[N+]=[N-])C(=O)O. The number of esters is 1. The summed E-state index contributed by atoms with van der Waals surface area (Å²) in [6.45, 7) is 12.0. The second kappa shape index (κ2) is 22.8. The first-order valence-electron chi connectivity index (χ1n) is 14.8. The van der Waals surface area contributed by atoms with E-state index in [0.29, 0.717) is 32.7 Å². The largest absolute Gasteiger partial charge is 0.480 e. The molecule has 17 heteroatoms. The Morgan fingerprint density at radius 2 is 1.38 bits per heavy atom. The highest BCUT2D eigenvalue weighted by Gasteiger charge is 2.30. The third-order valence-corrected chi connectivity index (χ3v) is 5.26. The van der Waals surface area contributed by atoms with Crippen LogP contribution in [0.25, 0.3) is 10.4 Å². The normalized spacial score (nSPS) is 12.7. The van der Waals surface area contributed by atoms with Crippen LogP contribution in [0.2, 0.25) is 0 Å². The maximum absolute atomic E-state index is 13.1. The van der Waals surface area contributed by atoms with E-state index < -0.39 is 59.6 Å². The highest BCUT2D eigenvalue weighted by atomic mass is 16.6. The number of rotatable bonds is 23. The van der Waals surface area contributed by atoms with Crippen LogP contribution < -0.4 is 16.0 Å². The molecule has 0 aromatic heterocycles. The summed E-state index contributed by atoms with van der Waals surface area (Å²) in [6.07, 6.45) is -0.296. The molecule has 2 atom stereocenters. The van der Waals surface area contributed by atoms with E-state index in [1.54, 1.807) is 41.5 Å². The second-order valence-corrected chi connectivity index (χ2v) is 11.8. The fraction of sp³-hybridized carbons (Fsp3) is 0.821. The first-order valence-corrected chi connectivity index (χ1v) is 14.8. The maximum atomic E-state index is 13.1. The molecule has 17 nitrogen and oxygen atoms in total. The van der Waals surface area contributed by atoms with E-state index >= 15 is 0 Å². The zero-order chi connectivity index (χ0) is 34.3. The van der Waals surface area contributed by atoms with E-state index in [-0.39, 0.29) is 45.8 Å². The summed E-state index contributed by atoms with van der Waals surface area (Å²) in [7, 11) is 0. The number of hydrogen-bond acceptors (Lipinski definition) is 11. The molecule has 0 saturated heterocycles. The standard InChI is InChI=1S/C28H50N6O11/c1-27(2,3)44-23(36)19-21(25(38)39)33-24(37)20(9-7-8-11-30-26(40)45-28(4,5)6)32-22(35)10-13-41-15-17-43-18-16-42-14-12-31-34-29/h20-21H,7-19H2,1-6H3,(H,30,40)(H,32,35)(H,33,37)(H,38,39)/t20-,21-/m0/s1. The van der Waals surface area contributed by atoms with Gasteiger partial charge in [-0.05, 0) is 66.3 Å². The molecule has 0 radical (unpaired) electrons. The number of unbranched alkanes of at least 4 members (excludes halogenated alkanes) is 1. The third-order valence-electron chi connectivity index (χ3n) is 5.26. The number of nitrogens with zero attached hydrogens (tertiary/aromatic N) is 3. The molecule has 0 aliphatic carbocycles. The molecule has 0 heterocycles. The molecule has 0 aromatic carbocycles. The summed E-state index contributed by atoms with van der Waals surface area (Å²) in [5.74, 6) is -3.52. The molecule has 0 aliphatic rings. The van der Waals surface area contributed by atoms with E-state index in [4.69, 9.17) is 29.2 Å². The fourth-order valence-electron chi connectivity index (χ4n) is 3.39. The van der Waals surface area contributed by atoms with Gasteiger partial charge in [0.2, 0.25) is 11.8 Å². The average molecular weight is 647 g/mol. The van der Waals surface area contributed by atoms with Gasteiger partial charge in [0.15, 0.2) is 0 Å². The Balaban J connectivity index is 4.87. The molecule has 0 aromatic rings. The molecule has 258 valence electrons. The van der Waals surface area contributed by atoms with Crippen LogP contribution in [0.1, 0.15) is 73.6 Å². The van der Waals surface area contributed by atoms with Crippen LogP contribution in [-0.2, 0) is 42.9 Å². The number of aliphatic carboxylic acids is 1. The Bertz CT molecular complexity index is 975. The summed E-state index contributed by atoms with van der Waals surface area (Å²) < 4.78 is 26.3. The van der Waals surface area contributed by atoms with Crippen LogP contribution in [0, 0.1) is 0 Å². The molecule has 0 unspecified atom stereocenters. The van der Waals surface area contributed by atoms with Gasteiger partial charge in [-0.25, -0.2) is 9.59 Å². The Morgan fingerprint density at radius 1 is 0.800 bits per heavy atom. The zero-order valence-corrected chi connectivity index (χ0v) is 27.2. The minimum absolute atomic E-state index is 0.0440. The van der Waals surface area contributed by atoms with E-state index in [1.807, 2.05) is 0 Å². The summed E-state index contributed by atoms with van der Waals surface area (Å²) in [5, 5.41) is 20.4. The first kappa shape index (κ1) is 41.3. The Kier molecular flexibility index (Phi) is 20.9. The van der Waals surface area contributed by atoms with Gasteiger partial charge in [-0.3, -0.25) is 14.4 Å². The Morgan fingerprint density at radius 3 is 1.93 bits per heavy atom. The molecule has 0 saturated carbocycles. The van der Waals surface area contributed by atoms with Gasteiger partial charge in [0, 0.05) is 24.4 Å². The van der Waals surface area contributed by atoms with E-state index in [0.717, 1.165) is 0 Å². The maximum Gasteiger partial charge on any atom is 0.407 e. The topological polar surface area (TPSA) is 237 Å².